The second-order valence-electron chi connectivity index (χ2n) is 22.4. The number of aromatic nitrogens is 4. The molecular formula is C73H78FN5O12. The lowest BCUT2D eigenvalue weighted by molar-refractivity contribution is -0.170. The summed E-state index contributed by atoms with van der Waals surface area (Å²) in [7, 11) is 3.17. The number of benzene rings is 6. The Kier molecular flexibility index (Phi) is 23.1. The number of carbonyl (C=O) groups is 4. The van der Waals surface area contributed by atoms with Gasteiger partial charge in [0, 0.05) is 19.3 Å². The van der Waals surface area contributed by atoms with Crippen molar-refractivity contribution in [3.63, 3.8) is 0 Å². The number of carbonyl (C=O) groups excluding carboxylic acids is 4. The number of terminal acetylenes is 1. The van der Waals surface area contributed by atoms with Crippen LogP contribution in [0.25, 0.3) is 11.2 Å². The molecular weight excluding hydrogens is 1160 g/mol. The molecule has 0 unspecified atom stereocenters. The van der Waals surface area contributed by atoms with Gasteiger partial charge in [0.2, 0.25) is 0 Å². The van der Waals surface area contributed by atoms with Gasteiger partial charge >= 0.3 is 30.0 Å². The van der Waals surface area contributed by atoms with Crippen LogP contribution in [0.1, 0.15) is 137 Å². The number of esters is 4. The van der Waals surface area contributed by atoms with Crippen molar-refractivity contribution in [3.8, 4) is 23.8 Å². The maximum absolute atomic E-state index is 16.6. The van der Waals surface area contributed by atoms with Gasteiger partial charge in [-0.1, -0.05) is 204 Å². The predicted molar refractivity (Wildman–Crippen MR) is 341 cm³/mol. The molecule has 474 valence electrons. The van der Waals surface area contributed by atoms with Crippen LogP contribution in [0.15, 0.2) is 176 Å². The van der Waals surface area contributed by atoms with E-state index in [4.69, 9.17) is 49.3 Å². The van der Waals surface area contributed by atoms with Gasteiger partial charge in [0.05, 0.1) is 33.4 Å². The molecule has 0 radical (unpaired) electrons. The summed E-state index contributed by atoms with van der Waals surface area (Å²) in [6, 6.07) is 53.7. The molecule has 0 bridgehead atoms. The van der Waals surface area contributed by atoms with Gasteiger partial charge < -0.3 is 43.2 Å². The lowest BCUT2D eigenvalue weighted by Gasteiger charge is -2.41. The number of rotatable bonds is 33. The Morgan fingerprint density at radius 2 is 1.08 bits per heavy atom. The molecule has 17 nitrogen and oxygen atoms in total. The maximum Gasteiger partial charge on any atom is 0.312 e. The minimum absolute atomic E-state index is 0.0384. The molecule has 9 rings (SSSR count). The van der Waals surface area contributed by atoms with E-state index in [9.17, 15) is 19.2 Å². The summed E-state index contributed by atoms with van der Waals surface area (Å²) in [5.41, 5.74) is 0.215. The van der Waals surface area contributed by atoms with E-state index in [0.717, 1.165) is 55.2 Å². The van der Waals surface area contributed by atoms with Crippen molar-refractivity contribution in [2.75, 3.05) is 39.4 Å². The minimum Gasteiger partial charge on any atom is -0.497 e. The quantitative estimate of drug-likeness (QED) is 0.0102. The number of unbranched alkanes of at least 4 members (excludes halogenated alkanes) is 6. The molecule has 6 aromatic carbocycles. The number of halogens is 1. The second-order valence-corrected chi connectivity index (χ2v) is 22.4. The van der Waals surface area contributed by atoms with Crippen LogP contribution in [0.3, 0.4) is 0 Å². The number of nitrogens with one attached hydrogen (secondary N) is 1. The molecule has 1 fully saturated rings. The van der Waals surface area contributed by atoms with E-state index in [-0.39, 0.29) is 49.5 Å². The highest BCUT2D eigenvalue weighted by Gasteiger charge is 2.55. The van der Waals surface area contributed by atoms with Gasteiger partial charge in [-0.15, -0.1) is 6.42 Å². The first-order chi connectivity index (χ1) is 44.4. The average molecular weight is 1240 g/mol. The third-order valence-corrected chi connectivity index (χ3v) is 16.3. The average Bonchev–Trinajstić information content (AvgIpc) is 1.75. The topological polar surface area (TPSA) is 198 Å². The van der Waals surface area contributed by atoms with Crippen LogP contribution in [-0.4, -0.2) is 95.2 Å². The molecule has 2 aromatic heterocycles. The summed E-state index contributed by atoms with van der Waals surface area (Å²) in [4.78, 5) is 66.6. The summed E-state index contributed by atoms with van der Waals surface area (Å²) in [5, 5.41) is 3.66. The zero-order valence-corrected chi connectivity index (χ0v) is 51.9. The fraction of sp³-hybridized carbons (Fsp3) is 0.356. The number of fused-ring (bicyclic) bond motifs is 1. The highest BCUT2D eigenvalue weighted by molar-refractivity contribution is 5.84. The van der Waals surface area contributed by atoms with E-state index in [1.165, 1.54) is 6.33 Å². The molecule has 1 saturated heterocycles. The van der Waals surface area contributed by atoms with Crippen molar-refractivity contribution < 1.29 is 61.5 Å². The smallest absolute Gasteiger partial charge is 0.312 e. The molecule has 0 saturated carbocycles. The van der Waals surface area contributed by atoms with Gasteiger partial charge in [0.15, 0.2) is 28.7 Å². The zero-order valence-electron chi connectivity index (χ0n) is 51.9. The number of imidazole rings is 1. The van der Waals surface area contributed by atoms with E-state index < -0.39 is 84.6 Å². The highest BCUT2D eigenvalue weighted by atomic mass is 19.1. The van der Waals surface area contributed by atoms with Crippen molar-refractivity contribution in [3.05, 3.63) is 216 Å². The first kappa shape index (κ1) is 66.0. The fourth-order valence-electron chi connectivity index (χ4n) is 11.5. The highest BCUT2D eigenvalue weighted by Crippen LogP contribution is 2.49. The Morgan fingerprint density at radius 1 is 0.615 bits per heavy atom. The lowest BCUT2D eigenvalue weighted by Crippen LogP contribution is -2.49. The summed E-state index contributed by atoms with van der Waals surface area (Å²) < 4.78 is 66.7. The van der Waals surface area contributed by atoms with E-state index in [0.29, 0.717) is 41.0 Å². The molecule has 91 heavy (non-hydrogen) atoms. The largest absolute Gasteiger partial charge is 0.497 e. The molecule has 3 atom stereocenters. The normalized spacial score (nSPS) is 15.6. The van der Waals surface area contributed by atoms with Crippen molar-refractivity contribution >= 4 is 40.9 Å². The van der Waals surface area contributed by atoms with Crippen molar-refractivity contribution in [1.29, 1.82) is 0 Å². The molecule has 8 aromatic rings. The first-order valence-corrected chi connectivity index (χ1v) is 31.1. The molecule has 18 heteroatoms. The molecule has 0 spiro atoms. The van der Waals surface area contributed by atoms with Crippen molar-refractivity contribution in [1.82, 2.24) is 19.5 Å². The number of anilines is 1. The van der Waals surface area contributed by atoms with E-state index >= 15 is 4.39 Å². The number of hydrogen-bond donors (Lipinski definition) is 1. The Labute approximate surface area is 530 Å². The Hall–Kier alpha value is -9.44. The number of hydrogen-bond acceptors (Lipinski definition) is 16. The van der Waals surface area contributed by atoms with Gasteiger partial charge in [-0.2, -0.15) is 14.4 Å². The molecule has 3 heterocycles. The Balaban J connectivity index is 1.05. The summed E-state index contributed by atoms with van der Waals surface area (Å²) in [6.07, 6.45) is 10.0. The van der Waals surface area contributed by atoms with Crippen LogP contribution in [0.2, 0.25) is 0 Å². The van der Waals surface area contributed by atoms with Gasteiger partial charge in [-0.05, 0) is 70.5 Å². The minimum atomic E-state index is -1.90. The van der Waals surface area contributed by atoms with Gasteiger partial charge in [0.25, 0.3) is 0 Å². The Morgan fingerprint density at radius 3 is 1.57 bits per heavy atom. The second kappa shape index (κ2) is 31.8. The van der Waals surface area contributed by atoms with Gasteiger partial charge in [0.1, 0.15) is 54.8 Å². The molecule has 1 aliphatic heterocycles. The van der Waals surface area contributed by atoms with Crippen LogP contribution < -0.4 is 14.8 Å². The van der Waals surface area contributed by atoms with Crippen LogP contribution in [0.4, 0.5) is 10.2 Å². The third kappa shape index (κ3) is 15.9. The summed E-state index contributed by atoms with van der Waals surface area (Å²) in [5.74, 6) is 1.51. The monoisotopic (exact) mass is 1240 g/mol. The van der Waals surface area contributed by atoms with E-state index in [1.807, 2.05) is 170 Å². The summed E-state index contributed by atoms with van der Waals surface area (Å²) in [6.45, 7) is 2.85. The van der Waals surface area contributed by atoms with Crippen LogP contribution in [0.5, 0.6) is 11.5 Å². The molecule has 1 aliphatic rings. The number of methoxy groups -OCH3 is 2. The number of nitrogens with zero attached hydrogens (tertiary/aromatic N) is 4. The van der Waals surface area contributed by atoms with Gasteiger partial charge in [-0.25, -0.2) is 4.98 Å². The maximum atomic E-state index is 16.6. The standard InChI is InChI=1S/C73H78FN5O12/c1-6-9-11-25-35-63(80)86-48-60(49-87-64(81)36-26-12-10-7-2)89-66(83)46-45-65(82)88-50-71(8-3)61(90-73(55-31-21-15-22-32-55,56-33-23-16-24-34-56)57-39-43-59(85-5)44-40-57)47-62(91-71)79-51-75-67-68(76-70(74)77-69(67)79)78-72(52-27-17-13-18-28-52,53-29-19-14-20-30-53)54-37-41-58(84-4)42-38-54/h3,13-24,27-34,37-44,51,60-62H,6-7,9-12,25-26,35-36,45-50H2,1-2,4-5H3,(H,76,77,78)/t61-,62+,71+/m0/s1. The number of ether oxygens (including phenoxy) is 8. The van der Waals surface area contributed by atoms with E-state index in [1.54, 1.807) is 18.8 Å². The van der Waals surface area contributed by atoms with Crippen molar-refractivity contribution in [2.45, 2.75) is 132 Å². The SMILES string of the molecule is C#C[C@]1(COC(=O)CCC(=O)OC(COC(=O)CCCCCC)COC(=O)CCCCCC)O[C@@H](n2cnc3c(NC(c4ccccc4)(c4ccccc4)c4ccc(OC)cc4)nc(F)nc32)C[C@@H]1OC(c1ccccc1)(c1ccccc1)c1ccc(OC)cc1. The van der Waals surface area contributed by atoms with Crippen LogP contribution in [-0.2, 0) is 58.7 Å². The van der Waals surface area contributed by atoms with Crippen LogP contribution in [0, 0.1) is 18.4 Å². The zero-order chi connectivity index (χ0) is 64.1. The molecule has 0 aliphatic carbocycles. The fourth-order valence-corrected chi connectivity index (χ4v) is 11.5. The molecule has 1 N–H and O–H groups in total. The summed E-state index contributed by atoms with van der Waals surface area (Å²) >= 11 is 0. The lowest BCUT2D eigenvalue weighted by atomic mass is 9.77. The van der Waals surface area contributed by atoms with E-state index in [2.05, 4.69) is 35.1 Å². The molecule has 0 amide bonds. The third-order valence-electron chi connectivity index (χ3n) is 16.3. The van der Waals surface area contributed by atoms with Gasteiger partial charge in [-0.3, -0.25) is 23.7 Å². The first-order valence-electron chi connectivity index (χ1n) is 31.1. The van der Waals surface area contributed by atoms with Crippen LogP contribution >= 0.6 is 0 Å². The van der Waals surface area contributed by atoms with Crippen molar-refractivity contribution in [2.24, 2.45) is 0 Å². The Bertz CT molecular complexity index is 3580. The predicted octanol–water partition coefficient (Wildman–Crippen LogP) is 13.3.